The molecule has 2 saturated carbocycles. The number of amides is 1. The van der Waals surface area contributed by atoms with Gasteiger partial charge in [-0.25, -0.2) is 0 Å². The number of phenols is 1. The van der Waals surface area contributed by atoms with Gasteiger partial charge >= 0.3 is 0 Å². The van der Waals surface area contributed by atoms with Gasteiger partial charge in [-0.3, -0.25) is 4.79 Å². The monoisotopic (exact) mass is 488 g/mol. The second-order valence-corrected chi connectivity index (χ2v) is 11.8. The van der Waals surface area contributed by atoms with Gasteiger partial charge in [-0.2, -0.15) is 0 Å². The van der Waals surface area contributed by atoms with Crippen LogP contribution in [-0.2, 0) is 16.6 Å². The lowest BCUT2D eigenvalue weighted by molar-refractivity contribution is -0.134. The lowest BCUT2D eigenvalue weighted by Gasteiger charge is -2.54. The van der Waals surface area contributed by atoms with Crippen molar-refractivity contribution < 1.29 is 9.90 Å². The maximum atomic E-state index is 13.2. The highest BCUT2D eigenvalue weighted by atomic mass is 16.3. The summed E-state index contributed by atoms with van der Waals surface area (Å²) in [5, 5.41) is 10.3. The number of aromatic hydroxyl groups is 1. The van der Waals surface area contributed by atoms with E-state index >= 15 is 0 Å². The first kappa shape index (κ1) is 25.3. The molecule has 4 heteroatoms. The first-order chi connectivity index (χ1) is 17.5. The predicted molar refractivity (Wildman–Crippen MR) is 146 cm³/mol. The van der Waals surface area contributed by atoms with Gasteiger partial charge in [0.2, 0.25) is 5.91 Å². The largest absolute Gasteiger partial charge is 0.508 e. The van der Waals surface area contributed by atoms with Crippen molar-refractivity contribution in [1.29, 1.82) is 0 Å². The number of hydrogen-bond acceptors (Lipinski definition) is 3. The van der Waals surface area contributed by atoms with E-state index in [1.165, 1.54) is 30.5 Å². The summed E-state index contributed by atoms with van der Waals surface area (Å²) in [6.45, 7) is 3.56. The van der Waals surface area contributed by atoms with Gasteiger partial charge in [-0.05, 0) is 99.4 Å². The van der Waals surface area contributed by atoms with Gasteiger partial charge in [0, 0.05) is 38.0 Å². The third-order valence-corrected chi connectivity index (χ3v) is 9.36. The van der Waals surface area contributed by atoms with E-state index in [9.17, 15) is 9.90 Å². The number of hydrogen-bond donors (Lipinski definition) is 1. The maximum absolute atomic E-state index is 13.2. The third-order valence-electron chi connectivity index (χ3n) is 9.36. The Balaban J connectivity index is 1.19. The van der Waals surface area contributed by atoms with Crippen LogP contribution in [0.3, 0.4) is 0 Å². The summed E-state index contributed by atoms with van der Waals surface area (Å²) in [5.74, 6) is 2.19. The van der Waals surface area contributed by atoms with E-state index in [1.807, 2.05) is 19.2 Å². The SMILES string of the molecule is CN(C(=O)CCCCCc1ccccc1)[C@H]1CC[C@@H]2CN(CC3CC3)CC[C@@]2(c2cccc(O)c2)C1. The van der Waals surface area contributed by atoms with E-state index in [2.05, 4.69) is 46.2 Å². The van der Waals surface area contributed by atoms with E-state index in [0.717, 1.165) is 70.4 Å². The number of fused-ring (bicyclic) bond motifs is 1. The first-order valence-corrected chi connectivity index (χ1v) is 14.3. The molecule has 0 bridgehead atoms. The van der Waals surface area contributed by atoms with Crippen molar-refractivity contribution in [1.82, 2.24) is 9.80 Å². The summed E-state index contributed by atoms with van der Waals surface area (Å²) < 4.78 is 0. The van der Waals surface area contributed by atoms with Crippen LogP contribution >= 0.6 is 0 Å². The fraction of sp³-hybridized carbons (Fsp3) is 0.594. The molecule has 1 N–H and O–H groups in total. The van der Waals surface area contributed by atoms with Crippen molar-refractivity contribution in [3.8, 4) is 5.75 Å². The molecule has 0 aromatic heterocycles. The van der Waals surface area contributed by atoms with Crippen LogP contribution in [0.5, 0.6) is 5.75 Å². The van der Waals surface area contributed by atoms with Gasteiger partial charge in [0.25, 0.3) is 0 Å². The van der Waals surface area contributed by atoms with E-state index in [-0.39, 0.29) is 11.5 Å². The zero-order valence-electron chi connectivity index (χ0n) is 22.1. The average molecular weight is 489 g/mol. The van der Waals surface area contributed by atoms with Gasteiger partial charge in [-0.1, -0.05) is 48.9 Å². The Morgan fingerprint density at radius 3 is 2.64 bits per heavy atom. The molecule has 36 heavy (non-hydrogen) atoms. The van der Waals surface area contributed by atoms with Crippen LogP contribution in [0, 0.1) is 11.8 Å². The smallest absolute Gasteiger partial charge is 0.222 e. The van der Waals surface area contributed by atoms with Gasteiger partial charge < -0.3 is 14.9 Å². The number of phenolic OH excluding ortho intramolecular Hbond substituents is 1. The molecule has 1 aliphatic heterocycles. The Hall–Kier alpha value is -2.33. The molecule has 1 heterocycles. The van der Waals surface area contributed by atoms with E-state index in [4.69, 9.17) is 0 Å². The summed E-state index contributed by atoms with van der Waals surface area (Å²) in [6, 6.07) is 18.9. The third kappa shape index (κ3) is 5.96. The minimum Gasteiger partial charge on any atom is -0.508 e. The molecule has 3 aliphatic rings. The summed E-state index contributed by atoms with van der Waals surface area (Å²) in [5.41, 5.74) is 2.73. The van der Waals surface area contributed by atoms with Crippen LogP contribution < -0.4 is 0 Å². The lowest BCUT2D eigenvalue weighted by Crippen LogP contribution is -2.56. The minimum absolute atomic E-state index is 0.0614. The van der Waals surface area contributed by atoms with E-state index < -0.39 is 0 Å². The van der Waals surface area contributed by atoms with Crippen LogP contribution in [0.2, 0.25) is 0 Å². The molecular weight excluding hydrogens is 444 g/mol. The van der Waals surface area contributed by atoms with Crippen molar-refractivity contribution in [3.05, 3.63) is 65.7 Å². The highest BCUT2D eigenvalue weighted by Crippen LogP contribution is 2.51. The van der Waals surface area contributed by atoms with Crippen LogP contribution in [-0.4, -0.2) is 53.5 Å². The van der Waals surface area contributed by atoms with Crippen LogP contribution in [0.15, 0.2) is 54.6 Å². The van der Waals surface area contributed by atoms with Crippen molar-refractivity contribution in [2.45, 2.75) is 82.1 Å². The topological polar surface area (TPSA) is 43.8 Å². The summed E-state index contributed by atoms with van der Waals surface area (Å²) in [6.07, 6.45) is 12.2. The fourth-order valence-electron chi connectivity index (χ4n) is 6.97. The molecule has 4 nitrogen and oxygen atoms in total. The number of piperidine rings is 1. The zero-order chi connectivity index (χ0) is 25.0. The Bertz CT molecular complexity index is 1000. The number of rotatable bonds is 10. The number of benzene rings is 2. The van der Waals surface area contributed by atoms with Gasteiger partial charge in [0.05, 0.1) is 0 Å². The van der Waals surface area contributed by atoms with E-state index in [0.29, 0.717) is 24.0 Å². The Labute approximate surface area is 217 Å². The second-order valence-electron chi connectivity index (χ2n) is 11.8. The minimum atomic E-state index is 0.0614. The van der Waals surface area contributed by atoms with Gasteiger partial charge in [0.1, 0.15) is 5.75 Å². The molecule has 2 aromatic rings. The van der Waals surface area contributed by atoms with Crippen molar-refractivity contribution in [2.24, 2.45) is 11.8 Å². The van der Waals surface area contributed by atoms with Gasteiger partial charge in [0.15, 0.2) is 0 Å². The first-order valence-electron chi connectivity index (χ1n) is 14.3. The molecule has 1 saturated heterocycles. The molecule has 0 spiro atoms. The van der Waals surface area contributed by atoms with Crippen molar-refractivity contribution in [2.75, 3.05) is 26.7 Å². The molecule has 2 aromatic carbocycles. The molecule has 0 unspecified atom stereocenters. The molecule has 5 rings (SSSR count). The van der Waals surface area contributed by atoms with Crippen molar-refractivity contribution >= 4 is 5.91 Å². The van der Waals surface area contributed by atoms with Crippen molar-refractivity contribution in [3.63, 3.8) is 0 Å². The molecule has 1 amide bonds. The molecule has 2 aliphatic carbocycles. The average Bonchev–Trinajstić information content (AvgIpc) is 3.72. The molecule has 3 atom stereocenters. The quantitative estimate of drug-likeness (QED) is 0.406. The number of carbonyl (C=O) groups is 1. The van der Waals surface area contributed by atoms with Gasteiger partial charge in [-0.15, -0.1) is 0 Å². The normalized spacial score (nSPS) is 26.4. The predicted octanol–water partition coefficient (Wildman–Crippen LogP) is 6.18. The highest BCUT2D eigenvalue weighted by molar-refractivity contribution is 5.76. The van der Waals surface area contributed by atoms with Crippen LogP contribution in [0.4, 0.5) is 0 Å². The number of carbonyl (C=O) groups excluding carboxylic acids is 1. The number of likely N-dealkylation sites (tertiary alicyclic amines) is 1. The Morgan fingerprint density at radius 1 is 1.03 bits per heavy atom. The van der Waals surface area contributed by atoms with Crippen LogP contribution in [0.25, 0.3) is 0 Å². The zero-order valence-corrected chi connectivity index (χ0v) is 22.1. The summed E-state index contributed by atoms with van der Waals surface area (Å²) >= 11 is 0. The number of aryl methyl sites for hydroxylation is 1. The summed E-state index contributed by atoms with van der Waals surface area (Å²) in [7, 11) is 2.04. The Morgan fingerprint density at radius 2 is 1.86 bits per heavy atom. The molecule has 0 radical (unpaired) electrons. The van der Waals surface area contributed by atoms with E-state index in [1.54, 1.807) is 6.07 Å². The molecule has 194 valence electrons. The fourth-order valence-corrected chi connectivity index (χ4v) is 6.97. The highest BCUT2D eigenvalue weighted by Gasteiger charge is 2.49. The Kier molecular flexibility index (Phi) is 8.00. The standard InChI is InChI=1S/C32H44N2O2/c1-33(31(36)14-7-3-6-11-25-9-4-2-5-10-25)29-18-17-28-24-34(23-26-15-16-26)20-19-32(28,22-29)27-12-8-13-30(35)21-27/h2,4-5,8-10,12-13,21,26,28-29,35H,3,6-7,11,14-20,22-24H2,1H3/t28-,29+,32+/m1/s1. The molecular formula is C32H44N2O2. The molecule has 3 fully saturated rings. The summed E-state index contributed by atoms with van der Waals surface area (Å²) in [4.78, 5) is 18.0. The lowest BCUT2D eigenvalue weighted by atomic mass is 9.57. The van der Waals surface area contributed by atoms with Crippen LogP contribution in [0.1, 0.15) is 75.3 Å². The maximum Gasteiger partial charge on any atom is 0.222 e. The number of unbranched alkanes of at least 4 members (excludes halogenated alkanes) is 2. The number of nitrogens with zero attached hydrogens (tertiary/aromatic N) is 2. The second kappa shape index (κ2) is 11.4.